The van der Waals surface area contributed by atoms with Crippen LogP contribution in [0.4, 0.5) is 4.79 Å². The second kappa shape index (κ2) is 11.5. The summed E-state index contributed by atoms with van der Waals surface area (Å²) in [5, 5.41) is 0. The molecule has 1 heterocycles. The van der Waals surface area contributed by atoms with Crippen molar-refractivity contribution >= 4 is 23.9 Å². The Bertz CT molecular complexity index is 764. The van der Waals surface area contributed by atoms with Gasteiger partial charge in [0, 0.05) is 0 Å². The summed E-state index contributed by atoms with van der Waals surface area (Å²) in [4.78, 5) is 50.5. The van der Waals surface area contributed by atoms with Gasteiger partial charge in [-0.05, 0) is 12.0 Å². The lowest BCUT2D eigenvalue weighted by molar-refractivity contribution is -0.152. The zero-order valence-electron chi connectivity index (χ0n) is 16.7. The Labute approximate surface area is 175 Å². The van der Waals surface area contributed by atoms with Gasteiger partial charge in [0.15, 0.2) is 0 Å². The Morgan fingerprint density at radius 1 is 1.07 bits per heavy atom. The Kier molecular flexibility index (Phi) is 8.80. The number of hydrogen-bond donors (Lipinski definition) is 0. The predicted molar refractivity (Wildman–Crippen MR) is 107 cm³/mol. The second-order valence-electron chi connectivity index (χ2n) is 6.68. The Hall–Kier alpha value is -3.42. The van der Waals surface area contributed by atoms with Gasteiger partial charge in [0.2, 0.25) is 5.91 Å². The zero-order valence-corrected chi connectivity index (χ0v) is 16.7. The number of amides is 2. The molecular formula is C22H25NO7. The summed E-state index contributed by atoms with van der Waals surface area (Å²) >= 11 is 0. The maximum absolute atomic E-state index is 13.1. The molecule has 1 atom stereocenters. The van der Waals surface area contributed by atoms with Gasteiger partial charge < -0.3 is 14.2 Å². The minimum absolute atomic E-state index is 0.0248. The fourth-order valence-corrected chi connectivity index (χ4v) is 3.03. The molecule has 160 valence electrons. The van der Waals surface area contributed by atoms with Gasteiger partial charge in [-0.15, -0.1) is 0 Å². The third-order valence-corrected chi connectivity index (χ3v) is 4.41. The third-order valence-electron chi connectivity index (χ3n) is 4.41. The molecule has 1 aromatic carbocycles. The van der Waals surface area contributed by atoms with Crippen LogP contribution in [0.1, 0.15) is 18.4 Å². The van der Waals surface area contributed by atoms with Crippen LogP contribution in [0.3, 0.4) is 0 Å². The van der Waals surface area contributed by atoms with Crippen molar-refractivity contribution < 1.29 is 33.4 Å². The lowest BCUT2D eigenvalue weighted by Gasteiger charge is -2.24. The van der Waals surface area contributed by atoms with Crippen LogP contribution < -0.4 is 0 Å². The van der Waals surface area contributed by atoms with Crippen molar-refractivity contribution in [2.45, 2.75) is 25.3 Å². The molecule has 2 amide bonds. The third kappa shape index (κ3) is 6.58. The minimum Gasteiger partial charge on any atom is -0.461 e. The van der Waals surface area contributed by atoms with Crippen molar-refractivity contribution in [2.24, 2.45) is 5.92 Å². The van der Waals surface area contributed by atoms with E-state index in [1.165, 1.54) is 12.2 Å². The number of rotatable bonds is 11. The van der Waals surface area contributed by atoms with Gasteiger partial charge in [-0.25, -0.2) is 9.69 Å². The van der Waals surface area contributed by atoms with Crippen molar-refractivity contribution in [3.63, 3.8) is 0 Å². The van der Waals surface area contributed by atoms with E-state index >= 15 is 0 Å². The maximum atomic E-state index is 13.1. The van der Waals surface area contributed by atoms with Crippen molar-refractivity contribution in [1.29, 1.82) is 0 Å². The van der Waals surface area contributed by atoms with Crippen LogP contribution in [0.25, 0.3) is 0 Å². The molecule has 30 heavy (non-hydrogen) atoms. The molecule has 1 aliphatic rings. The molecule has 0 bridgehead atoms. The van der Waals surface area contributed by atoms with Gasteiger partial charge in [-0.1, -0.05) is 55.6 Å². The number of hydrogen-bond acceptors (Lipinski definition) is 7. The topological polar surface area (TPSA) is 99.2 Å². The van der Waals surface area contributed by atoms with Crippen molar-refractivity contribution in [3.8, 4) is 0 Å². The van der Waals surface area contributed by atoms with E-state index in [2.05, 4.69) is 13.2 Å². The van der Waals surface area contributed by atoms with Crippen molar-refractivity contribution in [3.05, 3.63) is 61.2 Å². The number of ether oxygens (including phenoxy) is 3. The highest BCUT2D eigenvalue weighted by Gasteiger charge is 2.42. The van der Waals surface area contributed by atoms with Crippen LogP contribution in [-0.4, -0.2) is 54.7 Å². The van der Waals surface area contributed by atoms with Gasteiger partial charge in [-0.3, -0.25) is 14.4 Å². The first-order chi connectivity index (χ1) is 14.5. The number of benzene rings is 1. The summed E-state index contributed by atoms with van der Waals surface area (Å²) in [7, 11) is 0. The van der Waals surface area contributed by atoms with E-state index in [0.717, 1.165) is 10.5 Å². The van der Waals surface area contributed by atoms with E-state index in [9.17, 15) is 19.2 Å². The molecule has 1 fully saturated rings. The molecular weight excluding hydrogens is 390 g/mol. The molecule has 0 saturated carbocycles. The summed E-state index contributed by atoms with van der Waals surface area (Å²) in [5.74, 6) is -3.16. The molecule has 0 radical (unpaired) electrons. The van der Waals surface area contributed by atoms with Crippen molar-refractivity contribution in [2.75, 3.05) is 19.8 Å². The number of imide groups is 1. The van der Waals surface area contributed by atoms with Gasteiger partial charge in [0.1, 0.15) is 19.8 Å². The summed E-state index contributed by atoms with van der Waals surface area (Å²) in [6.45, 7) is 6.90. The minimum atomic E-state index is -1.12. The van der Waals surface area contributed by atoms with E-state index in [1.54, 1.807) is 0 Å². The molecule has 1 saturated heterocycles. The number of carbonyl (C=O) groups is 4. The number of cyclic esters (lactones) is 1. The van der Waals surface area contributed by atoms with E-state index in [-0.39, 0.29) is 32.7 Å². The first-order valence-electron chi connectivity index (χ1n) is 9.53. The van der Waals surface area contributed by atoms with Gasteiger partial charge in [0.25, 0.3) is 0 Å². The Morgan fingerprint density at radius 3 is 2.17 bits per heavy atom. The fourth-order valence-electron chi connectivity index (χ4n) is 3.03. The molecule has 1 aliphatic heterocycles. The van der Waals surface area contributed by atoms with Crippen LogP contribution in [0.2, 0.25) is 0 Å². The average molecular weight is 415 g/mol. The predicted octanol–water partition coefficient (Wildman–Crippen LogP) is 2.43. The summed E-state index contributed by atoms with van der Waals surface area (Å²) in [6.07, 6.45) is 1.62. The standard InChI is InChI=1S/C22H25NO7/c1-3-10-28-19(24)13-17(14-20(25)29-11-4-2)21(26)23-18(15-30-22(23)27)12-16-8-6-5-7-9-16/h3-9,17-18H,1-2,10-15H2/t18-/m1/s1. The lowest BCUT2D eigenvalue weighted by Crippen LogP contribution is -2.44. The molecule has 0 unspecified atom stereocenters. The first kappa shape index (κ1) is 22.9. The van der Waals surface area contributed by atoms with E-state index in [1.807, 2.05) is 30.3 Å². The number of esters is 2. The highest BCUT2D eigenvalue weighted by molar-refractivity contribution is 5.97. The van der Waals surface area contributed by atoms with E-state index in [0.29, 0.717) is 6.42 Å². The smallest absolute Gasteiger partial charge is 0.416 e. The van der Waals surface area contributed by atoms with Crippen LogP contribution in [0, 0.1) is 5.92 Å². The SMILES string of the molecule is C=CCOC(=O)CC(CC(=O)OCC=C)C(=O)N1C(=O)OC[C@H]1Cc1ccccc1. The molecule has 2 rings (SSSR count). The monoisotopic (exact) mass is 415 g/mol. The van der Waals surface area contributed by atoms with Gasteiger partial charge >= 0.3 is 18.0 Å². The molecule has 0 aliphatic carbocycles. The lowest BCUT2D eigenvalue weighted by atomic mass is 9.98. The Morgan fingerprint density at radius 2 is 1.63 bits per heavy atom. The zero-order chi connectivity index (χ0) is 21.9. The highest BCUT2D eigenvalue weighted by atomic mass is 16.6. The second-order valence-corrected chi connectivity index (χ2v) is 6.68. The molecule has 8 heteroatoms. The van der Waals surface area contributed by atoms with Crippen LogP contribution >= 0.6 is 0 Å². The molecule has 1 aromatic rings. The quantitative estimate of drug-likeness (QED) is 0.311. The largest absolute Gasteiger partial charge is 0.461 e. The fraction of sp³-hybridized carbons (Fsp3) is 0.364. The van der Waals surface area contributed by atoms with E-state index in [4.69, 9.17) is 14.2 Å². The summed E-state index contributed by atoms with van der Waals surface area (Å²) in [5.41, 5.74) is 0.922. The molecule has 0 N–H and O–H groups in total. The summed E-state index contributed by atoms with van der Waals surface area (Å²) < 4.78 is 14.9. The number of nitrogens with zero attached hydrogens (tertiary/aromatic N) is 1. The van der Waals surface area contributed by atoms with Crippen LogP contribution in [0.15, 0.2) is 55.6 Å². The summed E-state index contributed by atoms with van der Waals surface area (Å²) in [6, 6.07) is 8.79. The normalized spacial score (nSPS) is 15.4. The average Bonchev–Trinajstić information content (AvgIpc) is 3.10. The van der Waals surface area contributed by atoms with Crippen LogP contribution in [0.5, 0.6) is 0 Å². The Balaban J connectivity index is 2.16. The van der Waals surface area contributed by atoms with Gasteiger partial charge in [0.05, 0.1) is 24.8 Å². The molecule has 0 spiro atoms. The number of carbonyl (C=O) groups excluding carboxylic acids is 4. The molecule has 0 aromatic heterocycles. The maximum Gasteiger partial charge on any atom is 0.416 e. The van der Waals surface area contributed by atoms with Gasteiger partial charge in [-0.2, -0.15) is 0 Å². The van der Waals surface area contributed by atoms with Crippen LogP contribution in [-0.2, 0) is 35.0 Å². The van der Waals surface area contributed by atoms with E-state index < -0.39 is 35.9 Å². The first-order valence-corrected chi connectivity index (χ1v) is 9.53. The molecule has 8 nitrogen and oxygen atoms in total. The highest BCUT2D eigenvalue weighted by Crippen LogP contribution is 2.23. The van der Waals surface area contributed by atoms with Crippen molar-refractivity contribution in [1.82, 2.24) is 4.90 Å².